The van der Waals surface area contributed by atoms with Gasteiger partial charge in [0.15, 0.2) is 0 Å². The van der Waals surface area contributed by atoms with Gasteiger partial charge in [0.1, 0.15) is 12.2 Å². The SMILES string of the molecule is Fc1ncccc1C1CCC(N2N=CN3CC4CCC(Cl)=CC4=NC=C32)CC1. The number of nitrogens with zero attached hydrogens (tertiary/aromatic N) is 5. The van der Waals surface area contributed by atoms with Crippen molar-refractivity contribution in [2.45, 2.75) is 50.5 Å². The summed E-state index contributed by atoms with van der Waals surface area (Å²) in [4.78, 5) is 10.8. The molecule has 3 heterocycles. The molecular weight excluding hydrogens is 377 g/mol. The number of halogens is 2. The molecule has 28 heavy (non-hydrogen) atoms. The minimum absolute atomic E-state index is 0.242. The predicted molar refractivity (Wildman–Crippen MR) is 108 cm³/mol. The Morgan fingerprint density at radius 2 is 1.96 bits per heavy atom. The lowest BCUT2D eigenvalue weighted by Crippen LogP contribution is -2.36. The van der Waals surface area contributed by atoms with Crippen LogP contribution in [-0.4, -0.2) is 39.5 Å². The molecule has 1 fully saturated rings. The van der Waals surface area contributed by atoms with Crippen molar-refractivity contribution in [1.29, 1.82) is 0 Å². The van der Waals surface area contributed by atoms with E-state index in [1.54, 1.807) is 0 Å². The fourth-order valence-corrected chi connectivity index (χ4v) is 4.99. The number of allylic oxidation sites excluding steroid dienone is 2. The van der Waals surface area contributed by atoms with Gasteiger partial charge in [0.2, 0.25) is 5.95 Å². The van der Waals surface area contributed by atoms with E-state index in [1.165, 1.54) is 6.20 Å². The molecule has 2 aliphatic heterocycles. The molecule has 5 nitrogen and oxygen atoms in total. The fraction of sp³-hybridized carbons (Fsp3) is 0.476. The largest absolute Gasteiger partial charge is 0.314 e. The van der Waals surface area contributed by atoms with Crippen molar-refractivity contribution in [3.05, 3.63) is 53.0 Å². The number of aliphatic imine (C=N–C) groups is 1. The van der Waals surface area contributed by atoms with Gasteiger partial charge in [-0.2, -0.15) is 9.49 Å². The number of pyridine rings is 1. The van der Waals surface area contributed by atoms with Gasteiger partial charge < -0.3 is 4.90 Å². The van der Waals surface area contributed by atoms with Crippen LogP contribution >= 0.6 is 11.6 Å². The molecule has 1 unspecified atom stereocenters. The first-order chi connectivity index (χ1) is 13.7. The highest BCUT2D eigenvalue weighted by Gasteiger charge is 2.35. The summed E-state index contributed by atoms with van der Waals surface area (Å²) in [5, 5.41) is 7.69. The van der Waals surface area contributed by atoms with Crippen molar-refractivity contribution in [2.75, 3.05) is 6.54 Å². The van der Waals surface area contributed by atoms with Gasteiger partial charge in [0.25, 0.3) is 0 Å². The third kappa shape index (κ3) is 3.24. The maximum absolute atomic E-state index is 14.0. The van der Waals surface area contributed by atoms with Gasteiger partial charge >= 0.3 is 0 Å². The average molecular weight is 400 g/mol. The average Bonchev–Trinajstić information content (AvgIpc) is 3.02. The molecule has 1 aromatic rings. The number of aromatic nitrogens is 1. The second-order valence-corrected chi connectivity index (χ2v) is 8.47. The Hall–Kier alpha value is -2.21. The molecule has 0 N–H and O–H groups in total. The van der Waals surface area contributed by atoms with E-state index in [-0.39, 0.29) is 11.9 Å². The number of hydrazone groups is 1. The Bertz CT molecular complexity index is 885. The topological polar surface area (TPSA) is 44.1 Å². The van der Waals surface area contributed by atoms with Crippen molar-refractivity contribution >= 4 is 23.7 Å². The van der Waals surface area contributed by atoms with E-state index in [1.807, 2.05) is 30.7 Å². The van der Waals surface area contributed by atoms with Crippen LogP contribution in [0, 0.1) is 11.9 Å². The molecular formula is C21H23ClFN5. The molecule has 5 rings (SSSR count). The van der Waals surface area contributed by atoms with Gasteiger partial charge in [-0.05, 0) is 56.6 Å². The van der Waals surface area contributed by atoms with Crippen molar-refractivity contribution in [3.63, 3.8) is 0 Å². The predicted octanol–water partition coefficient (Wildman–Crippen LogP) is 4.59. The molecule has 4 aliphatic rings. The van der Waals surface area contributed by atoms with E-state index in [0.717, 1.165) is 67.2 Å². The van der Waals surface area contributed by atoms with Crippen LogP contribution in [0.3, 0.4) is 0 Å². The van der Waals surface area contributed by atoms with Gasteiger partial charge in [-0.15, -0.1) is 0 Å². The first-order valence-electron chi connectivity index (χ1n) is 10.0. The molecule has 2 aliphatic carbocycles. The minimum Gasteiger partial charge on any atom is -0.314 e. The highest BCUT2D eigenvalue weighted by molar-refractivity contribution is 6.31. The van der Waals surface area contributed by atoms with Crippen LogP contribution in [0.2, 0.25) is 0 Å². The lowest BCUT2D eigenvalue weighted by atomic mass is 9.82. The second kappa shape index (κ2) is 7.32. The maximum atomic E-state index is 14.0. The minimum atomic E-state index is -0.326. The molecule has 1 saturated carbocycles. The van der Waals surface area contributed by atoms with E-state index >= 15 is 0 Å². The Morgan fingerprint density at radius 3 is 2.79 bits per heavy atom. The summed E-state index contributed by atoms with van der Waals surface area (Å²) >= 11 is 6.21. The molecule has 0 spiro atoms. The quantitative estimate of drug-likeness (QED) is 0.683. The van der Waals surface area contributed by atoms with Crippen LogP contribution in [-0.2, 0) is 0 Å². The van der Waals surface area contributed by atoms with Crippen molar-refractivity contribution < 1.29 is 4.39 Å². The first-order valence-corrected chi connectivity index (χ1v) is 10.4. The van der Waals surface area contributed by atoms with Gasteiger partial charge in [0, 0.05) is 35.0 Å². The third-order valence-corrected chi connectivity index (χ3v) is 6.61. The zero-order valence-corrected chi connectivity index (χ0v) is 16.4. The summed E-state index contributed by atoms with van der Waals surface area (Å²) in [6, 6.07) is 4.01. The summed E-state index contributed by atoms with van der Waals surface area (Å²) < 4.78 is 14.0. The highest BCUT2D eigenvalue weighted by atomic mass is 35.5. The summed E-state index contributed by atoms with van der Waals surface area (Å²) in [6.07, 6.45) is 13.2. The molecule has 146 valence electrons. The monoisotopic (exact) mass is 399 g/mol. The third-order valence-electron chi connectivity index (χ3n) is 6.32. The van der Waals surface area contributed by atoms with Crippen LogP contribution in [0.5, 0.6) is 0 Å². The normalized spacial score (nSPS) is 29.5. The van der Waals surface area contributed by atoms with Crippen LogP contribution in [0.15, 0.2) is 51.6 Å². The van der Waals surface area contributed by atoms with Gasteiger partial charge in [-0.1, -0.05) is 17.7 Å². The van der Waals surface area contributed by atoms with Crippen molar-refractivity contribution in [1.82, 2.24) is 14.9 Å². The smallest absolute Gasteiger partial charge is 0.216 e. The van der Waals surface area contributed by atoms with E-state index < -0.39 is 0 Å². The Morgan fingerprint density at radius 1 is 1.11 bits per heavy atom. The summed E-state index contributed by atoms with van der Waals surface area (Å²) in [6.45, 7) is 0.890. The van der Waals surface area contributed by atoms with E-state index in [0.29, 0.717) is 12.0 Å². The number of hydrogen-bond acceptors (Lipinski definition) is 5. The second-order valence-electron chi connectivity index (χ2n) is 7.98. The number of fused-ring (bicyclic) bond motifs is 2. The van der Waals surface area contributed by atoms with Crippen LogP contribution in [0.25, 0.3) is 0 Å². The maximum Gasteiger partial charge on any atom is 0.216 e. The molecule has 1 atom stereocenters. The molecule has 0 radical (unpaired) electrons. The van der Waals surface area contributed by atoms with E-state index in [4.69, 9.17) is 16.6 Å². The molecule has 0 saturated heterocycles. The standard InChI is InChI=1S/C21H23ClFN5/c22-16-6-3-15-12-27-13-26-28(20(27)11-25-19(15)10-16)17-7-4-14(5-8-17)18-2-1-9-24-21(18)23/h1-2,9-11,13-15,17H,3-8,12H2. The van der Waals surface area contributed by atoms with Crippen LogP contribution in [0.4, 0.5) is 4.39 Å². The Balaban J connectivity index is 1.30. The van der Waals surface area contributed by atoms with Crippen molar-refractivity contribution in [2.24, 2.45) is 16.0 Å². The molecule has 0 aromatic carbocycles. The van der Waals surface area contributed by atoms with E-state index in [9.17, 15) is 4.39 Å². The van der Waals surface area contributed by atoms with Crippen LogP contribution in [0.1, 0.15) is 50.0 Å². The molecule has 0 amide bonds. The summed E-state index contributed by atoms with van der Waals surface area (Å²) in [5.41, 5.74) is 1.82. The number of hydrogen-bond donors (Lipinski definition) is 0. The zero-order valence-electron chi connectivity index (χ0n) is 15.6. The summed E-state index contributed by atoms with van der Waals surface area (Å²) in [7, 11) is 0. The Labute approximate surface area is 169 Å². The van der Waals surface area contributed by atoms with Crippen LogP contribution < -0.4 is 0 Å². The van der Waals surface area contributed by atoms with E-state index in [2.05, 4.69) is 20.0 Å². The van der Waals surface area contributed by atoms with Crippen molar-refractivity contribution in [3.8, 4) is 0 Å². The number of rotatable bonds is 2. The Kier molecular flexibility index (Phi) is 4.67. The summed E-state index contributed by atoms with van der Waals surface area (Å²) in [5.74, 6) is 1.36. The van der Waals surface area contributed by atoms with Gasteiger partial charge in [-0.3, -0.25) is 4.99 Å². The first kappa shape index (κ1) is 17.9. The molecule has 0 bridgehead atoms. The van der Waals surface area contributed by atoms with Gasteiger partial charge in [-0.25, -0.2) is 9.99 Å². The molecule has 7 heteroatoms. The molecule has 1 aromatic heterocycles. The lowest BCUT2D eigenvalue weighted by molar-refractivity contribution is 0.180. The highest BCUT2D eigenvalue weighted by Crippen LogP contribution is 2.38. The van der Waals surface area contributed by atoms with Gasteiger partial charge in [0.05, 0.1) is 12.2 Å². The zero-order chi connectivity index (χ0) is 19.1. The lowest BCUT2D eigenvalue weighted by Gasteiger charge is -2.35. The fourth-order valence-electron chi connectivity index (χ4n) is 4.77.